The van der Waals surface area contributed by atoms with Crippen molar-refractivity contribution >= 4 is 11.9 Å². The molecule has 0 aliphatic carbocycles. The number of carboxylic acids is 1. The summed E-state index contributed by atoms with van der Waals surface area (Å²) in [6.45, 7) is 1.94. The number of carbonyl (C=O) groups is 2. The van der Waals surface area contributed by atoms with Gasteiger partial charge in [-0.05, 0) is 12.1 Å². The Kier molecular flexibility index (Phi) is 5.32. The largest absolute Gasteiger partial charge is 0.478 e. The van der Waals surface area contributed by atoms with Gasteiger partial charge in [-0.25, -0.2) is 9.59 Å². The maximum Gasteiger partial charge on any atom is 0.341 e. The van der Waals surface area contributed by atoms with Crippen molar-refractivity contribution in [3.63, 3.8) is 0 Å². The molecule has 18 heavy (non-hydrogen) atoms. The minimum atomic E-state index is -1.16. The Labute approximate surface area is 105 Å². The van der Waals surface area contributed by atoms with E-state index in [1.165, 1.54) is 19.2 Å². The van der Waals surface area contributed by atoms with Crippen molar-refractivity contribution in [3.05, 3.63) is 35.4 Å². The second-order valence-electron chi connectivity index (χ2n) is 3.71. The van der Waals surface area contributed by atoms with E-state index in [-0.39, 0.29) is 11.1 Å². The summed E-state index contributed by atoms with van der Waals surface area (Å²) in [7, 11) is 1.44. The number of methoxy groups -OCH3 is 1. The van der Waals surface area contributed by atoms with Crippen LogP contribution in [0.15, 0.2) is 24.3 Å². The number of esters is 1. The van der Waals surface area contributed by atoms with Crippen LogP contribution in [0.25, 0.3) is 0 Å². The van der Waals surface area contributed by atoms with Gasteiger partial charge in [0.25, 0.3) is 0 Å². The fourth-order valence-corrected chi connectivity index (χ4v) is 1.49. The van der Waals surface area contributed by atoms with Gasteiger partial charge in [0, 0.05) is 13.5 Å². The highest BCUT2D eigenvalue weighted by Gasteiger charge is 2.20. The van der Waals surface area contributed by atoms with Gasteiger partial charge in [-0.2, -0.15) is 0 Å². The van der Waals surface area contributed by atoms with Crippen molar-refractivity contribution in [2.75, 3.05) is 7.11 Å². The van der Waals surface area contributed by atoms with Crippen molar-refractivity contribution in [2.24, 2.45) is 0 Å². The maximum atomic E-state index is 11.8. The molecule has 0 aromatic heterocycles. The van der Waals surface area contributed by atoms with Crippen molar-refractivity contribution in [3.8, 4) is 0 Å². The van der Waals surface area contributed by atoms with Crippen LogP contribution in [0.4, 0.5) is 0 Å². The Bertz CT molecular complexity index is 427. The third kappa shape index (κ3) is 3.56. The minimum absolute atomic E-state index is 0.0307. The molecule has 1 atom stereocenters. The molecular formula is C13H16O5. The van der Waals surface area contributed by atoms with Gasteiger partial charge in [-0.15, -0.1) is 0 Å². The predicted molar refractivity (Wildman–Crippen MR) is 64.5 cm³/mol. The quantitative estimate of drug-likeness (QED) is 0.621. The molecular weight excluding hydrogens is 236 g/mol. The molecule has 5 nitrogen and oxygen atoms in total. The van der Waals surface area contributed by atoms with E-state index in [0.29, 0.717) is 6.42 Å². The van der Waals surface area contributed by atoms with Crippen LogP contribution in [0.5, 0.6) is 0 Å². The molecule has 1 rings (SSSR count). The number of ether oxygens (including phenoxy) is 2. The molecule has 1 N–H and O–H groups in total. The molecule has 0 fully saturated rings. The zero-order valence-corrected chi connectivity index (χ0v) is 10.4. The van der Waals surface area contributed by atoms with E-state index in [9.17, 15) is 9.59 Å². The number of hydrogen-bond donors (Lipinski definition) is 1. The highest BCUT2D eigenvalue weighted by atomic mass is 16.7. The molecule has 5 heteroatoms. The summed E-state index contributed by atoms with van der Waals surface area (Å²) in [5, 5.41) is 8.97. The molecule has 0 heterocycles. The SMILES string of the molecule is CCCC(OC)OC(=O)c1ccccc1C(=O)O. The first-order valence-corrected chi connectivity index (χ1v) is 5.66. The standard InChI is InChI=1S/C13H16O5/c1-3-6-11(17-2)18-13(16)10-8-5-4-7-9(10)12(14)15/h4-5,7-8,11H,3,6H2,1-2H3,(H,14,15). The molecule has 0 aliphatic rings. The summed E-state index contributed by atoms with van der Waals surface area (Å²) < 4.78 is 10.1. The summed E-state index contributed by atoms with van der Waals surface area (Å²) in [6, 6.07) is 5.93. The Hall–Kier alpha value is -1.88. The lowest BCUT2D eigenvalue weighted by atomic mass is 10.1. The molecule has 0 aliphatic heterocycles. The lowest BCUT2D eigenvalue weighted by Gasteiger charge is -2.15. The normalized spacial score (nSPS) is 11.9. The van der Waals surface area contributed by atoms with Crippen LogP contribution >= 0.6 is 0 Å². The fourth-order valence-electron chi connectivity index (χ4n) is 1.49. The van der Waals surface area contributed by atoms with E-state index in [4.69, 9.17) is 14.6 Å². The molecule has 98 valence electrons. The summed E-state index contributed by atoms with van der Waals surface area (Å²) >= 11 is 0. The van der Waals surface area contributed by atoms with Crippen LogP contribution in [0.1, 0.15) is 40.5 Å². The minimum Gasteiger partial charge on any atom is -0.478 e. The van der Waals surface area contributed by atoms with Gasteiger partial charge in [0.15, 0.2) is 0 Å². The summed E-state index contributed by atoms with van der Waals surface area (Å²) in [5.74, 6) is -1.85. The molecule has 0 bridgehead atoms. The monoisotopic (exact) mass is 252 g/mol. The predicted octanol–water partition coefficient (Wildman–Crippen LogP) is 2.31. The Morgan fingerprint density at radius 1 is 1.28 bits per heavy atom. The maximum absolute atomic E-state index is 11.8. The topological polar surface area (TPSA) is 72.8 Å². The highest BCUT2D eigenvalue weighted by molar-refractivity contribution is 6.02. The second-order valence-corrected chi connectivity index (χ2v) is 3.71. The van der Waals surface area contributed by atoms with Gasteiger partial charge in [-0.1, -0.05) is 25.5 Å². The first-order chi connectivity index (χ1) is 8.60. The molecule has 0 spiro atoms. The van der Waals surface area contributed by atoms with Gasteiger partial charge < -0.3 is 14.6 Å². The Morgan fingerprint density at radius 3 is 2.39 bits per heavy atom. The van der Waals surface area contributed by atoms with Crippen LogP contribution in [0.2, 0.25) is 0 Å². The number of aromatic carboxylic acids is 1. The highest BCUT2D eigenvalue weighted by Crippen LogP contribution is 2.13. The third-order valence-electron chi connectivity index (χ3n) is 2.40. The van der Waals surface area contributed by atoms with Crippen LogP contribution in [-0.2, 0) is 9.47 Å². The lowest BCUT2D eigenvalue weighted by molar-refractivity contribution is -0.0934. The summed E-state index contributed by atoms with van der Waals surface area (Å²) in [6.07, 6.45) is 0.716. The zero-order valence-electron chi connectivity index (χ0n) is 10.4. The van der Waals surface area contributed by atoms with Gasteiger partial charge in [0.05, 0.1) is 11.1 Å². The second kappa shape index (κ2) is 6.76. The van der Waals surface area contributed by atoms with Crippen molar-refractivity contribution in [1.29, 1.82) is 0 Å². The van der Waals surface area contributed by atoms with Crippen molar-refractivity contribution in [1.82, 2.24) is 0 Å². The molecule has 0 radical (unpaired) electrons. The number of rotatable bonds is 6. The first-order valence-electron chi connectivity index (χ1n) is 5.66. The van der Waals surface area contributed by atoms with E-state index >= 15 is 0 Å². The third-order valence-corrected chi connectivity index (χ3v) is 2.40. The molecule has 1 aromatic rings. The Balaban J connectivity index is 2.87. The molecule has 0 amide bonds. The van der Waals surface area contributed by atoms with Crippen LogP contribution < -0.4 is 0 Å². The first kappa shape index (κ1) is 14.2. The number of hydrogen-bond acceptors (Lipinski definition) is 4. The van der Waals surface area contributed by atoms with Gasteiger partial charge in [-0.3, -0.25) is 0 Å². The van der Waals surface area contributed by atoms with Crippen molar-refractivity contribution < 1.29 is 24.2 Å². The van der Waals surface area contributed by atoms with Gasteiger partial charge >= 0.3 is 11.9 Å². The van der Waals surface area contributed by atoms with Crippen molar-refractivity contribution in [2.45, 2.75) is 26.1 Å². The van der Waals surface area contributed by atoms with E-state index in [1.807, 2.05) is 6.92 Å². The average Bonchev–Trinajstić information content (AvgIpc) is 2.38. The van der Waals surface area contributed by atoms with Gasteiger partial charge in [0.1, 0.15) is 0 Å². The molecule has 1 unspecified atom stereocenters. The number of carboxylic acid groups (broad SMARTS) is 1. The van der Waals surface area contributed by atoms with E-state index in [0.717, 1.165) is 6.42 Å². The molecule has 1 aromatic carbocycles. The van der Waals surface area contributed by atoms with E-state index < -0.39 is 18.2 Å². The number of carbonyl (C=O) groups excluding carboxylic acids is 1. The van der Waals surface area contributed by atoms with Crippen LogP contribution in [0, 0.1) is 0 Å². The average molecular weight is 252 g/mol. The molecule has 0 saturated heterocycles. The number of benzene rings is 1. The Morgan fingerprint density at radius 2 is 1.89 bits per heavy atom. The molecule has 0 saturated carbocycles. The zero-order chi connectivity index (χ0) is 13.5. The summed E-state index contributed by atoms with van der Waals surface area (Å²) in [5.41, 5.74) is -0.0444. The smallest absolute Gasteiger partial charge is 0.341 e. The van der Waals surface area contributed by atoms with Crippen LogP contribution in [-0.4, -0.2) is 30.4 Å². The van der Waals surface area contributed by atoms with Gasteiger partial charge in [0.2, 0.25) is 6.29 Å². The van der Waals surface area contributed by atoms with Crippen LogP contribution in [0.3, 0.4) is 0 Å². The lowest BCUT2D eigenvalue weighted by Crippen LogP contribution is -2.21. The van der Waals surface area contributed by atoms with E-state index in [1.54, 1.807) is 12.1 Å². The fraction of sp³-hybridized carbons (Fsp3) is 0.385. The summed E-state index contributed by atoms with van der Waals surface area (Å²) in [4.78, 5) is 22.8. The van der Waals surface area contributed by atoms with E-state index in [2.05, 4.69) is 0 Å².